The molecule has 0 saturated carbocycles. The number of nitrogens with zero attached hydrogens (tertiary/aromatic N) is 2. The summed E-state index contributed by atoms with van der Waals surface area (Å²) in [6.45, 7) is 1.97. The predicted molar refractivity (Wildman–Crippen MR) is 78.8 cm³/mol. The molecule has 0 aliphatic rings. The standard InChI is InChI=1S/C14H11N3O2S/c1-8-6-16-14(20-8)17-12-10-5-3-2-4-9(10)11(7-15-12)13(18)19/h2-7H,1H3,(H,18,19)(H,15,16,17). The van der Waals surface area contributed by atoms with Crippen LogP contribution in [-0.2, 0) is 0 Å². The number of hydrogen-bond donors (Lipinski definition) is 2. The lowest BCUT2D eigenvalue weighted by Gasteiger charge is -2.08. The molecule has 1 aromatic carbocycles. The maximum absolute atomic E-state index is 11.2. The first-order valence-electron chi connectivity index (χ1n) is 5.95. The Kier molecular flexibility index (Phi) is 3.08. The van der Waals surface area contributed by atoms with E-state index in [4.69, 9.17) is 0 Å². The van der Waals surface area contributed by atoms with Gasteiger partial charge in [-0.15, -0.1) is 11.3 Å². The highest BCUT2D eigenvalue weighted by Gasteiger charge is 2.12. The summed E-state index contributed by atoms with van der Waals surface area (Å²) in [5.74, 6) is -0.370. The molecule has 2 aromatic heterocycles. The lowest BCUT2D eigenvalue weighted by atomic mass is 10.1. The van der Waals surface area contributed by atoms with Crippen molar-refractivity contribution >= 4 is 39.0 Å². The van der Waals surface area contributed by atoms with Crippen LogP contribution in [0.5, 0.6) is 0 Å². The minimum absolute atomic E-state index is 0.196. The summed E-state index contributed by atoms with van der Waals surface area (Å²) in [7, 11) is 0. The maximum Gasteiger partial charge on any atom is 0.337 e. The van der Waals surface area contributed by atoms with Gasteiger partial charge >= 0.3 is 5.97 Å². The van der Waals surface area contributed by atoms with Crippen LogP contribution >= 0.6 is 11.3 Å². The average Bonchev–Trinajstić information content (AvgIpc) is 2.84. The maximum atomic E-state index is 11.2. The molecule has 0 aliphatic carbocycles. The molecule has 0 fully saturated rings. The van der Waals surface area contributed by atoms with Crippen molar-refractivity contribution in [2.45, 2.75) is 6.92 Å². The molecule has 0 unspecified atom stereocenters. The lowest BCUT2D eigenvalue weighted by Crippen LogP contribution is -2.01. The van der Waals surface area contributed by atoms with Crippen LogP contribution in [0.2, 0.25) is 0 Å². The fraction of sp³-hybridized carbons (Fsp3) is 0.0714. The Morgan fingerprint density at radius 1 is 1.20 bits per heavy atom. The number of nitrogens with one attached hydrogen (secondary N) is 1. The van der Waals surface area contributed by atoms with Gasteiger partial charge in [0, 0.05) is 28.0 Å². The monoisotopic (exact) mass is 285 g/mol. The van der Waals surface area contributed by atoms with E-state index in [1.165, 1.54) is 17.5 Å². The molecule has 2 N–H and O–H groups in total. The van der Waals surface area contributed by atoms with Crippen LogP contribution in [0.15, 0.2) is 36.7 Å². The Labute approximate surface area is 118 Å². The van der Waals surface area contributed by atoms with Crippen LogP contribution in [0.25, 0.3) is 10.8 Å². The van der Waals surface area contributed by atoms with Gasteiger partial charge in [0.15, 0.2) is 5.13 Å². The number of carboxylic acids is 1. The zero-order valence-corrected chi connectivity index (χ0v) is 11.4. The third kappa shape index (κ3) is 2.21. The van der Waals surface area contributed by atoms with Crippen molar-refractivity contribution in [3.63, 3.8) is 0 Å². The van der Waals surface area contributed by atoms with Crippen molar-refractivity contribution in [1.82, 2.24) is 9.97 Å². The van der Waals surface area contributed by atoms with Crippen LogP contribution in [0.1, 0.15) is 15.2 Å². The number of aromatic nitrogens is 2. The van der Waals surface area contributed by atoms with E-state index in [1.54, 1.807) is 12.3 Å². The fourth-order valence-electron chi connectivity index (χ4n) is 1.98. The summed E-state index contributed by atoms with van der Waals surface area (Å²) in [6.07, 6.45) is 3.15. The van der Waals surface area contributed by atoms with Gasteiger partial charge in [-0.1, -0.05) is 24.3 Å². The number of carbonyl (C=O) groups is 1. The van der Waals surface area contributed by atoms with E-state index in [-0.39, 0.29) is 5.56 Å². The van der Waals surface area contributed by atoms with Crippen molar-refractivity contribution in [3.8, 4) is 0 Å². The van der Waals surface area contributed by atoms with Crippen molar-refractivity contribution in [2.24, 2.45) is 0 Å². The first-order chi connectivity index (χ1) is 9.65. The molecule has 3 aromatic rings. The molecular formula is C14H11N3O2S. The minimum Gasteiger partial charge on any atom is -0.478 e. The molecule has 6 heteroatoms. The van der Waals surface area contributed by atoms with E-state index >= 15 is 0 Å². The van der Waals surface area contributed by atoms with Crippen LogP contribution in [0.3, 0.4) is 0 Å². The number of pyridine rings is 1. The summed E-state index contributed by atoms with van der Waals surface area (Å²) in [5.41, 5.74) is 0.196. The van der Waals surface area contributed by atoms with Crippen molar-refractivity contribution in [2.75, 3.05) is 5.32 Å². The zero-order chi connectivity index (χ0) is 14.1. The molecule has 0 bridgehead atoms. The molecular weight excluding hydrogens is 274 g/mol. The van der Waals surface area contributed by atoms with Gasteiger partial charge in [0.05, 0.1) is 5.56 Å². The van der Waals surface area contributed by atoms with Gasteiger partial charge in [0.1, 0.15) is 5.82 Å². The molecule has 2 heterocycles. The van der Waals surface area contributed by atoms with E-state index in [1.807, 2.05) is 25.1 Å². The van der Waals surface area contributed by atoms with Crippen LogP contribution in [-0.4, -0.2) is 21.0 Å². The molecule has 0 atom stereocenters. The van der Waals surface area contributed by atoms with Gasteiger partial charge in [0.25, 0.3) is 0 Å². The second-order valence-electron chi connectivity index (χ2n) is 4.27. The van der Waals surface area contributed by atoms with Gasteiger partial charge in [-0.3, -0.25) is 0 Å². The van der Waals surface area contributed by atoms with Crippen molar-refractivity contribution in [3.05, 3.63) is 47.1 Å². The fourth-order valence-corrected chi connectivity index (χ4v) is 2.64. The minimum atomic E-state index is -0.981. The number of thiazole rings is 1. The second kappa shape index (κ2) is 4.90. The number of aromatic carboxylic acids is 1. The Bertz CT molecular complexity index is 798. The summed E-state index contributed by atoms with van der Waals surface area (Å²) < 4.78 is 0. The lowest BCUT2D eigenvalue weighted by molar-refractivity contribution is 0.0698. The highest BCUT2D eigenvalue weighted by Crippen LogP contribution is 2.28. The first kappa shape index (κ1) is 12.6. The summed E-state index contributed by atoms with van der Waals surface area (Å²) in [6, 6.07) is 7.29. The number of benzene rings is 1. The second-order valence-corrected chi connectivity index (χ2v) is 5.51. The van der Waals surface area contributed by atoms with E-state index in [0.29, 0.717) is 11.2 Å². The molecule has 0 saturated heterocycles. The van der Waals surface area contributed by atoms with E-state index in [0.717, 1.165) is 15.4 Å². The third-order valence-corrected chi connectivity index (χ3v) is 3.70. The molecule has 5 nitrogen and oxygen atoms in total. The Hall–Kier alpha value is -2.47. The van der Waals surface area contributed by atoms with Crippen LogP contribution in [0, 0.1) is 6.92 Å². The zero-order valence-electron chi connectivity index (χ0n) is 10.6. The van der Waals surface area contributed by atoms with Crippen molar-refractivity contribution < 1.29 is 9.90 Å². The van der Waals surface area contributed by atoms with Crippen molar-refractivity contribution in [1.29, 1.82) is 0 Å². The van der Waals surface area contributed by atoms with Gasteiger partial charge in [0.2, 0.25) is 0 Å². The third-order valence-electron chi connectivity index (χ3n) is 2.87. The first-order valence-corrected chi connectivity index (χ1v) is 6.77. The number of anilines is 2. The topological polar surface area (TPSA) is 75.1 Å². The van der Waals surface area contributed by atoms with Crippen LogP contribution < -0.4 is 5.32 Å². The van der Waals surface area contributed by atoms with Crippen LogP contribution in [0.4, 0.5) is 10.9 Å². The number of aryl methyl sites for hydroxylation is 1. The Balaban J connectivity index is 2.12. The van der Waals surface area contributed by atoms with E-state index in [2.05, 4.69) is 15.3 Å². The quantitative estimate of drug-likeness (QED) is 0.771. The SMILES string of the molecule is Cc1cnc(Nc2ncc(C(=O)O)c3ccccc23)s1. The molecule has 0 spiro atoms. The summed E-state index contributed by atoms with van der Waals surface area (Å²) >= 11 is 1.52. The van der Waals surface area contributed by atoms with Gasteiger partial charge in [-0.2, -0.15) is 0 Å². The number of carboxylic acid groups (broad SMARTS) is 1. The highest BCUT2D eigenvalue weighted by molar-refractivity contribution is 7.15. The molecule has 0 amide bonds. The molecule has 0 radical (unpaired) electrons. The van der Waals surface area contributed by atoms with Gasteiger partial charge in [-0.25, -0.2) is 14.8 Å². The molecule has 20 heavy (non-hydrogen) atoms. The smallest absolute Gasteiger partial charge is 0.337 e. The molecule has 100 valence electrons. The Morgan fingerprint density at radius 2 is 1.95 bits per heavy atom. The average molecular weight is 285 g/mol. The van der Waals surface area contributed by atoms with E-state index in [9.17, 15) is 9.90 Å². The largest absolute Gasteiger partial charge is 0.478 e. The van der Waals surface area contributed by atoms with Gasteiger partial charge in [-0.05, 0) is 6.92 Å². The normalized spacial score (nSPS) is 10.7. The summed E-state index contributed by atoms with van der Waals surface area (Å²) in [4.78, 5) is 20.7. The Morgan fingerprint density at radius 3 is 2.60 bits per heavy atom. The predicted octanol–water partition coefficient (Wildman–Crippen LogP) is 3.44. The molecule has 3 rings (SSSR count). The van der Waals surface area contributed by atoms with Gasteiger partial charge < -0.3 is 10.4 Å². The number of hydrogen-bond acceptors (Lipinski definition) is 5. The highest BCUT2D eigenvalue weighted by atomic mass is 32.1. The van der Waals surface area contributed by atoms with E-state index < -0.39 is 5.97 Å². The number of fused-ring (bicyclic) bond motifs is 1. The number of rotatable bonds is 3. The molecule has 0 aliphatic heterocycles. The summed E-state index contributed by atoms with van der Waals surface area (Å²) in [5, 5.41) is 14.5.